The van der Waals surface area contributed by atoms with E-state index in [-0.39, 0.29) is 5.60 Å². The summed E-state index contributed by atoms with van der Waals surface area (Å²) in [6.45, 7) is 4.32. The summed E-state index contributed by atoms with van der Waals surface area (Å²) in [7, 11) is 0. The van der Waals surface area contributed by atoms with Gasteiger partial charge in [-0.25, -0.2) is 0 Å². The molecule has 1 N–H and O–H groups in total. The zero-order valence-corrected chi connectivity index (χ0v) is 12.2. The van der Waals surface area contributed by atoms with E-state index in [2.05, 4.69) is 12.2 Å². The predicted octanol–water partition coefficient (Wildman–Crippen LogP) is 4.04. The first-order valence-corrected chi connectivity index (χ1v) is 8.19. The van der Waals surface area contributed by atoms with Crippen LogP contribution in [0, 0.1) is 0 Å². The highest BCUT2D eigenvalue weighted by molar-refractivity contribution is 4.88. The summed E-state index contributed by atoms with van der Waals surface area (Å²) in [4.78, 5) is 0. The second-order valence-electron chi connectivity index (χ2n) is 6.42. The van der Waals surface area contributed by atoms with E-state index in [9.17, 15) is 0 Å². The van der Waals surface area contributed by atoms with Crippen molar-refractivity contribution >= 4 is 0 Å². The molecule has 1 saturated heterocycles. The molecule has 0 aromatic rings. The molecule has 0 bridgehead atoms. The average molecular weight is 253 g/mol. The Labute approximate surface area is 113 Å². The van der Waals surface area contributed by atoms with Crippen molar-refractivity contribution in [2.24, 2.45) is 0 Å². The molecule has 1 heterocycles. The summed E-state index contributed by atoms with van der Waals surface area (Å²) >= 11 is 0. The van der Waals surface area contributed by atoms with Crippen molar-refractivity contribution in [2.75, 3.05) is 13.1 Å². The van der Waals surface area contributed by atoms with Gasteiger partial charge in [0.1, 0.15) is 0 Å². The number of nitrogens with one attached hydrogen (secondary N) is 1. The normalized spacial score (nSPS) is 31.5. The summed E-state index contributed by atoms with van der Waals surface area (Å²) in [6, 6.07) is 0. The number of hydrogen-bond acceptors (Lipinski definition) is 2. The number of rotatable bonds is 0. The minimum atomic E-state index is 0.164. The maximum absolute atomic E-state index is 6.36. The van der Waals surface area contributed by atoms with Crippen LogP contribution in [0.2, 0.25) is 0 Å². The van der Waals surface area contributed by atoms with Crippen LogP contribution < -0.4 is 5.32 Å². The van der Waals surface area contributed by atoms with E-state index < -0.39 is 0 Å². The lowest BCUT2D eigenvalue weighted by Crippen LogP contribution is -2.53. The molecule has 2 nitrogen and oxygen atoms in total. The molecule has 18 heavy (non-hydrogen) atoms. The van der Waals surface area contributed by atoms with Gasteiger partial charge in [0.05, 0.1) is 11.7 Å². The van der Waals surface area contributed by atoms with E-state index in [0.717, 1.165) is 13.1 Å². The Hall–Kier alpha value is -0.0800. The van der Waals surface area contributed by atoms with Crippen LogP contribution in [-0.4, -0.2) is 24.8 Å². The maximum atomic E-state index is 6.36. The molecule has 0 radical (unpaired) electrons. The number of morpholine rings is 1. The Bertz CT molecular complexity index is 217. The van der Waals surface area contributed by atoms with Crippen molar-refractivity contribution in [3.63, 3.8) is 0 Å². The molecule has 2 heteroatoms. The highest BCUT2D eigenvalue weighted by Crippen LogP contribution is 2.30. The fourth-order valence-corrected chi connectivity index (χ4v) is 3.56. The SMILES string of the molecule is CC1CNCC2(CCCCCCCCCCC2)O1. The second kappa shape index (κ2) is 7.49. The second-order valence-corrected chi connectivity index (χ2v) is 6.42. The Morgan fingerprint density at radius 1 is 0.833 bits per heavy atom. The highest BCUT2D eigenvalue weighted by Gasteiger charge is 2.34. The van der Waals surface area contributed by atoms with Gasteiger partial charge in [-0.1, -0.05) is 57.8 Å². The molecule has 1 unspecified atom stereocenters. The molecule has 1 aliphatic heterocycles. The largest absolute Gasteiger partial charge is 0.369 e. The lowest BCUT2D eigenvalue weighted by atomic mass is 9.87. The molecule has 2 fully saturated rings. The van der Waals surface area contributed by atoms with Crippen LogP contribution in [0.3, 0.4) is 0 Å². The van der Waals surface area contributed by atoms with E-state index in [0.29, 0.717) is 6.10 Å². The van der Waals surface area contributed by atoms with Crippen molar-refractivity contribution in [1.82, 2.24) is 5.32 Å². The Morgan fingerprint density at radius 2 is 1.33 bits per heavy atom. The molecule has 1 aliphatic carbocycles. The third kappa shape index (κ3) is 4.55. The minimum absolute atomic E-state index is 0.164. The van der Waals surface area contributed by atoms with Gasteiger partial charge in [-0.15, -0.1) is 0 Å². The third-order valence-corrected chi connectivity index (χ3v) is 4.59. The van der Waals surface area contributed by atoms with Gasteiger partial charge in [-0.2, -0.15) is 0 Å². The highest BCUT2D eigenvalue weighted by atomic mass is 16.5. The zero-order chi connectivity index (χ0) is 12.7. The molecule has 106 valence electrons. The number of ether oxygens (including phenoxy) is 1. The van der Waals surface area contributed by atoms with Crippen molar-refractivity contribution in [3.05, 3.63) is 0 Å². The van der Waals surface area contributed by atoms with Gasteiger partial charge in [0.15, 0.2) is 0 Å². The first-order chi connectivity index (χ1) is 8.81. The van der Waals surface area contributed by atoms with Crippen molar-refractivity contribution in [3.8, 4) is 0 Å². The topological polar surface area (TPSA) is 21.3 Å². The van der Waals surface area contributed by atoms with Crippen LogP contribution in [-0.2, 0) is 4.74 Å². The molecular weight excluding hydrogens is 222 g/mol. The summed E-state index contributed by atoms with van der Waals surface area (Å²) < 4.78 is 6.36. The molecule has 1 atom stereocenters. The van der Waals surface area contributed by atoms with Crippen molar-refractivity contribution in [1.29, 1.82) is 0 Å². The first kappa shape index (κ1) is 14.3. The molecule has 2 rings (SSSR count). The molecule has 1 spiro atoms. The van der Waals surface area contributed by atoms with Gasteiger partial charge < -0.3 is 10.1 Å². The zero-order valence-electron chi connectivity index (χ0n) is 12.2. The van der Waals surface area contributed by atoms with Crippen molar-refractivity contribution in [2.45, 2.75) is 89.3 Å². The lowest BCUT2D eigenvalue weighted by molar-refractivity contribution is -0.119. The summed E-state index contributed by atoms with van der Waals surface area (Å²) in [5.41, 5.74) is 0.164. The molecular formula is C16H31NO. The van der Waals surface area contributed by atoms with Crippen LogP contribution in [0.25, 0.3) is 0 Å². The summed E-state index contributed by atoms with van der Waals surface area (Å²) in [5.74, 6) is 0. The summed E-state index contributed by atoms with van der Waals surface area (Å²) in [6.07, 6.45) is 15.7. The fourth-order valence-electron chi connectivity index (χ4n) is 3.56. The van der Waals surface area contributed by atoms with E-state index in [1.54, 1.807) is 0 Å². The van der Waals surface area contributed by atoms with E-state index in [1.807, 2.05) is 0 Å². The average Bonchev–Trinajstić information content (AvgIpc) is 2.34. The van der Waals surface area contributed by atoms with Crippen LogP contribution in [0.1, 0.15) is 77.6 Å². The molecule has 0 amide bonds. The van der Waals surface area contributed by atoms with E-state index in [4.69, 9.17) is 4.74 Å². The lowest BCUT2D eigenvalue weighted by Gasteiger charge is -2.41. The Kier molecular flexibility index (Phi) is 5.97. The van der Waals surface area contributed by atoms with Gasteiger partial charge >= 0.3 is 0 Å². The summed E-state index contributed by atoms with van der Waals surface area (Å²) in [5, 5.41) is 3.58. The van der Waals surface area contributed by atoms with Crippen LogP contribution in [0.5, 0.6) is 0 Å². The molecule has 0 aromatic heterocycles. The Morgan fingerprint density at radius 3 is 1.83 bits per heavy atom. The number of hydrogen-bond donors (Lipinski definition) is 1. The van der Waals surface area contributed by atoms with Crippen LogP contribution in [0.4, 0.5) is 0 Å². The monoisotopic (exact) mass is 253 g/mol. The quantitative estimate of drug-likeness (QED) is 0.703. The van der Waals surface area contributed by atoms with Crippen LogP contribution >= 0.6 is 0 Å². The fraction of sp³-hybridized carbons (Fsp3) is 1.00. The predicted molar refractivity (Wildman–Crippen MR) is 76.9 cm³/mol. The van der Waals surface area contributed by atoms with Crippen molar-refractivity contribution < 1.29 is 4.74 Å². The van der Waals surface area contributed by atoms with Gasteiger partial charge in [0, 0.05) is 13.1 Å². The van der Waals surface area contributed by atoms with Gasteiger partial charge in [0.25, 0.3) is 0 Å². The van der Waals surface area contributed by atoms with Gasteiger partial charge in [0.2, 0.25) is 0 Å². The molecule has 2 aliphatic rings. The van der Waals surface area contributed by atoms with E-state index in [1.165, 1.54) is 70.6 Å². The molecule has 1 saturated carbocycles. The molecule has 0 aromatic carbocycles. The third-order valence-electron chi connectivity index (χ3n) is 4.59. The van der Waals surface area contributed by atoms with Gasteiger partial charge in [-0.05, 0) is 19.8 Å². The van der Waals surface area contributed by atoms with Crippen LogP contribution in [0.15, 0.2) is 0 Å². The smallest absolute Gasteiger partial charge is 0.0810 e. The van der Waals surface area contributed by atoms with Gasteiger partial charge in [-0.3, -0.25) is 0 Å². The minimum Gasteiger partial charge on any atom is -0.369 e. The van der Waals surface area contributed by atoms with E-state index >= 15 is 0 Å². The standard InChI is InChI=1S/C16H31NO/c1-15-13-17-14-16(18-15)11-9-7-5-3-2-4-6-8-10-12-16/h15,17H,2-14H2,1H3. The maximum Gasteiger partial charge on any atom is 0.0810 e. The first-order valence-electron chi connectivity index (χ1n) is 8.19. The Balaban J connectivity index is 1.87.